The van der Waals surface area contributed by atoms with Gasteiger partial charge in [0, 0.05) is 42.0 Å². The van der Waals surface area contributed by atoms with E-state index in [1.54, 1.807) is 17.8 Å². The number of morpholine rings is 1. The van der Waals surface area contributed by atoms with Gasteiger partial charge >= 0.3 is 5.51 Å². The highest BCUT2D eigenvalue weighted by atomic mass is 32.2. The summed E-state index contributed by atoms with van der Waals surface area (Å²) in [5.74, 6) is 0.685. The number of sulfone groups is 1. The number of nitrogens with zero attached hydrogens (tertiary/aromatic N) is 1. The van der Waals surface area contributed by atoms with Crippen molar-refractivity contribution >= 4 is 27.3 Å². The van der Waals surface area contributed by atoms with Crippen LogP contribution in [0.1, 0.15) is 6.42 Å². The minimum atomic E-state index is -5.39. The normalized spacial score (nSPS) is 16.7. The predicted molar refractivity (Wildman–Crippen MR) is 116 cm³/mol. The van der Waals surface area contributed by atoms with E-state index >= 15 is 0 Å². The fourth-order valence-corrected chi connectivity index (χ4v) is 5.00. The number of halogens is 3. The Hall–Kier alpha value is -1.75. The van der Waals surface area contributed by atoms with E-state index in [2.05, 4.69) is 10.2 Å². The van der Waals surface area contributed by atoms with Gasteiger partial charge in [0.1, 0.15) is 0 Å². The zero-order chi connectivity index (χ0) is 22.3. The zero-order valence-electron chi connectivity index (χ0n) is 16.8. The molecule has 10 heteroatoms. The van der Waals surface area contributed by atoms with Crippen LogP contribution in [-0.2, 0) is 14.6 Å². The Bertz CT molecular complexity index is 934. The average Bonchev–Trinajstić information content (AvgIpc) is 2.76. The lowest BCUT2D eigenvalue weighted by Gasteiger charge is -2.29. The predicted octanol–water partition coefficient (Wildman–Crippen LogP) is 4.28. The largest absolute Gasteiger partial charge is 0.501 e. The Kier molecular flexibility index (Phi) is 8.26. The monoisotopic (exact) mass is 474 g/mol. The van der Waals surface area contributed by atoms with Crippen molar-refractivity contribution in [2.24, 2.45) is 0 Å². The van der Waals surface area contributed by atoms with E-state index in [4.69, 9.17) is 4.74 Å². The van der Waals surface area contributed by atoms with Crippen LogP contribution >= 0.6 is 11.8 Å². The van der Waals surface area contributed by atoms with Gasteiger partial charge in [0.15, 0.2) is 0 Å². The minimum Gasteiger partial charge on any atom is -0.381 e. The molecule has 1 aliphatic heterocycles. The molecule has 1 heterocycles. The van der Waals surface area contributed by atoms with Gasteiger partial charge in [-0.05, 0) is 36.8 Å². The van der Waals surface area contributed by atoms with Gasteiger partial charge in [-0.2, -0.15) is 13.2 Å². The second-order valence-electron chi connectivity index (χ2n) is 7.19. The van der Waals surface area contributed by atoms with Gasteiger partial charge in [0.05, 0.1) is 18.1 Å². The van der Waals surface area contributed by atoms with Crippen LogP contribution < -0.4 is 5.32 Å². The maximum Gasteiger partial charge on any atom is 0.501 e. The number of ether oxygens (including phenoxy) is 1. The molecule has 5 nitrogen and oxygen atoms in total. The first kappa shape index (κ1) is 23.9. The Morgan fingerprint density at radius 1 is 1.06 bits per heavy atom. The van der Waals surface area contributed by atoms with Crippen molar-refractivity contribution in [3.63, 3.8) is 0 Å². The Labute approximate surface area is 184 Å². The quantitative estimate of drug-likeness (QED) is 0.548. The van der Waals surface area contributed by atoms with E-state index in [0.29, 0.717) is 24.7 Å². The van der Waals surface area contributed by atoms with Crippen LogP contribution in [0.25, 0.3) is 0 Å². The fourth-order valence-electron chi connectivity index (χ4n) is 3.20. The zero-order valence-corrected chi connectivity index (χ0v) is 18.5. The van der Waals surface area contributed by atoms with Crippen molar-refractivity contribution in [2.75, 3.05) is 43.9 Å². The van der Waals surface area contributed by atoms with Crippen molar-refractivity contribution in [3.8, 4) is 0 Å². The summed E-state index contributed by atoms with van der Waals surface area (Å²) in [5.41, 5.74) is -4.98. The molecule has 1 saturated heterocycles. The Balaban J connectivity index is 1.71. The second-order valence-corrected chi connectivity index (χ2v) is 10.2. The van der Waals surface area contributed by atoms with E-state index < -0.39 is 20.2 Å². The van der Waals surface area contributed by atoms with Crippen molar-refractivity contribution in [1.29, 1.82) is 0 Å². The van der Waals surface area contributed by atoms with Gasteiger partial charge < -0.3 is 10.1 Å². The average molecular weight is 475 g/mol. The molecule has 0 radical (unpaired) electrons. The van der Waals surface area contributed by atoms with Crippen molar-refractivity contribution in [3.05, 3.63) is 54.6 Å². The van der Waals surface area contributed by atoms with Crippen LogP contribution in [0.3, 0.4) is 0 Å². The number of hydrogen-bond acceptors (Lipinski definition) is 6. The highest BCUT2D eigenvalue weighted by Gasteiger charge is 2.46. The Morgan fingerprint density at radius 2 is 1.77 bits per heavy atom. The van der Waals surface area contributed by atoms with Crippen LogP contribution in [0.4, 0.5) is 18.9 Å². The SMILES string of the molecule is O=S(=O)(c1cccc(N[C@H](CCN2CCOCC2)CSc2ccccc2)c1)C(F)(F)F. The van der Waals surface area contributed by atoms with E-state index in [1.165, 1.54) is 6.07 Å². The molecule has 0 saturated carbocycles. The Morgan fingerprint density at radius 3 is 2.45 bits per heavy atom. The molecule has 2 aromatic rings. The molecular weight excluding hydrogens is 449 g/mol. The highest BCUT2D eigenvalue weighted by Crippen LogP contribution is 2.31. The summed E-state index contributed by atoms with van der Waals surface area (Å²) in [6.07, 6.45) is 0.760. The fraction of sp³-hybridized carbons (Fsp3) is 0.429. The van der Waals surface area contributed by atoms with Crippen molar-refractivity contribution in [2.45, 2.75) is 27.8 Å². The summed E-state index contributed by atoms with van der Waals surface area (Å²) < 4.78 is 67.7. The molecular formula is C21H25F3N2O3S2. The van der Waals surface area contributed by atoms with Crippen LogP contribution in [0.2, 0.25) is 0 Å². The summed E-state index contributed by atoms with van der Waals surface area (Å²) in [6, 6.07) is 14.7. The third-order valence-electron chi connectivity index (χ3n) is 4.91. The standard InChI is InChI=1S/C21H25F3N2O3S2/c22-21(23,24)31(27,28)20-8-4-5-17(15-20)25-18(9-10-26-11-13-29-14-12-26)16-30-19-6-2-1-3-7-19/h1-8,15,18,25H,9-14,16H2/t18-/m1/s1. The maximum absolute atomic E-state index is 12.9. The molecule has 31 heavy (non-hydrogen) atoms. The maximum atomic E-state index is 12.9. The second kappa shape index (κ2) is 10.7. The van der Waals surface area contributed by atoms with E-state index in [1.807, 2.05) is 30.3 Å². The van der Waals surface area contributed by atoms with Gasteiger partial charge in [-0.1, -0.05) is 24.3 Å². The topological polar surface area (TPSA) is 58.6 Å². The smallest absolute Gasteiger partial charge is 0.381 e. The number of alkyl halides is 3. The summed E-state index contributed by atoms with van der Waals surface area (Å²) in [4.78, 5) is 2.62. The molecule has 0 spiro atoms. The lowest BCUT2D eigenvalue weighted by molar-refractivity contribution is -0.0435. The first-order valence-corrected chi connectivity index (χ1v) is 12.4. The molecule has 0 bridgehead atoms. The molecule has 0 aliphatic carbocycles. The van der Waals surface area contributed by atoms with Crippen LogP contribution in [0, 0.1) is 0 Å². The molecule has 1 N–H and O–H groups in total. The van der Waals surface area contributed by atoms with Gasteiger partial charge in [0.2, 0.25) is 0 Å². The molecule has 1 atom stereocenters. The van der Waals surface area contributed by atoms with E-state index in [-0.39, 0.29) is 6.04 Å². The summed E-state index contributed by atoms with van der Waals surface area (Å²) >= 11 is 1.64. The number of thioether (sulfide) groups is 1. The van der Waals surface area contributed by atoms with Gasteiger partial charge in [-0.3, -0.25) is 4.90 Å². The number of nitrogens with one attached hydrogen (secondary N) is 1. The lowest BCUT2D eigenvalue weighted by Crippen LogP contribution is -2.39. The van der Waals surface area contributed by atoms with E-state index in [0.717, 1.165) is 43.1 Å². The molecule has 0 unspecified atom stereocenters. The first-order chi connectivity index (χ1) is 14.8. The minimum absolute atomic E-state index is 0.0584. The molecule has 1 fully saturated rings. The van der Waals surface area contributed by atoms with E-state index in [9.17, 15) is 21.6 Å². The molecule has 170 valence electrons. The van der Waals surface area contributed by atoms with Crippen LogP contribution in [-0.4, -0.2) is 63.5 Å². The van der Waals surface area contributed by atoms with Gasteiger partial charge in [-0.15, -0.1) is 11.8 Å². The van der Waals surface area contributed by atoms with Gasteiger partial charge in [0.25, 0.3) is 9.84 Å². The number of benzene rings is 2. The first-order valence-electron chi connectivity index (χ1n) is 9.91. The molecule has 0 amide bonds. The molecule has 3 rings (SSSR count). The number of hydrogen-bond donors (Lipinski definition) is 1. The molecule has 0 aromatic heterocycles. The molecule has 1 aliphatic rings. The van der Waals surface area contributed by atoms with Crippen molar-refractivity contribution < 1.29 is 26.3 Å². The third-order valence-corrected chi connectivity index (χ3v) is 7.57. The highest BCUT2D eigenvalue weighted by molar-refractivity contribution is 7.99. The summed E-state index contributed by atoms with van der Waals surface area (Å²) in [6.45, 7) is 3.88. The van der Waals surface area contributed by atoms with Crippen LogP contribution in [0.15, 0.2) is 64.4 Å². The molecule has 2 aromatic carbocycles. The van der Waals surface area contributed by atoms with Crippen molar-refractivity contribution in [1.82, 2.24) is 4.90 Å². The number of anilines is 1. The third kappa shape index (κ3) is 6.86. The van der Waals surface area contributed by atoms with Crippen LogP contribution in [0.5, 0.6) is 0 Å². The summed E-state index contributed by atoms with van der Waals surface area (Å²) in [5, 5.41) is 3.24. The number of rotatable bonds is 9. The summed E-state index contributed by atoms with van der Waals surface area (Å²) in [7, 11) is -5.39. The lowest BCUT2D eigenvalue weighted by atomic mass is 10.2. The van der Waals surface area contributed by atoms with Gasteiger partial charge in [-0.25, -0.2) is 8.42 Å².